The normalized spacial score (nSPS) is 15.9. The number of ether oxygens (including phenoxy) is 3. The van der Waals surface area contributed by atoms with Crippen LogP contribution in [-0.4, -0.2) is 19.2 Å². The smallest absolute Gasteiger partial charge is 0.339 e. The van der Waals surface area contributed by atoms with Gasteiger partial charge in [-0.15, -0.1) is 0 Å². The first-order valence-corrected chi connectivity index (χ1v) is 14.5. The largest absolute Gasteiger partial charge is 0.494 e. The third kappa shape index (κ3) is 5.11. The van der Waals surface area contributed by atoms with Crippen molar-refractivity contribution in [3.05, 3.63) is 112 Å². The molecule has 0 amide bonds. The van der Waals surface area contributed by atoms with Crippen LogP contribution >= 0.6 is 0 Å². The van der Waals surface area contributed by atoms with Crippen LogP contribution in [0, 0.1) is 6.92 Å². The Morgan fingerprint density at radius 1 is 0.850 bits per heavy atom. The molecule has 1 heterocycles. The Bertz CT molecular complexity index is 1460. The number of hydrogen-bond acceptors (Lipinski definition) is 4. The van der Waals surface area contributed by atoms with E-state index in [1.807, 2.05) is 50.3 Å². The topological polar surface area (TPSA) is 44.8 Å². The van der Waals surface area contributed by atoms with Crippen LogP contribution in [0.4, 0.5) is 0 Å². The number of esters is 1. The van der Waals surface area contributed by atoms with Crippen LogP contribution in [0.5, 0.6) is 11.5 Å². The van der Waals surface area contributed by atoms with Gasteiger partial charge in [-0.1, -0.05) is 80.9 Å². The van der Waals surface area contributed by atoms with Gasteiger partial charge >= 0.3 is 5.97 Å². The Labute approximate surface area is 237 Å². The monoisotopic (exact) mass is 534 g/mol. The zero-order chi connectivity index (χ0) is 28.1. The van der Waals surface area contributed by atoms with Crippen molar-refractivity contribution in [1.29, 1.82) is 0 Å². The molecule has 5 rings (SSSR count). The average Bonchev–Trinajstić information content (AvgIpc) is 3.00. The summed E-state index contributed by atoms with van der Waals surface area (Å²) in [7, 11) is 0. The molecule has 1 unspecified atom stereocenters. The molecule has 0 radical (unpaired) electrons. The summed E-state index contributed by atoms with van der Waals surface area (Å²) in [5.41, 5.74) is 4.65. The fraction of sp³-hybridized carbons (Fsp3) is 0.306. The number of benzene rings is 4. The van der Waals surface area contributed by atoms with Gasteiger partial charge in [0.25, 0.3) is 0 Å². The number of rotatable bonds is 10. The van der Waals surface area contributed by atoms with E-state index in [9.17, 15) is 4.79 Å². The van der Waals surface area contributed by atoms with Crippen LogP contribution in [0.25, 0.3) is 16.8 Å². The highest BCUT2D eigenvalue weighted by molar-refractivity contribution is 6.06. The molecule has 0 saturated carbocycles. The third-order valence-electron chi connectivity index (χ3n) is 7.65. The molecule has 206 valence electrons. The maximum absolute atomic E-state index is 13.2. The Morgan fingerprint density at radius 2 is 1.52 bits per heavy atom. The van der Waals surface area contributed by atoms with Crippen molar-refractivity contribution in [2.24, 2.45) is 0 Å². The van der Waals surface area contributed by atoms with Crippen LogP contribution in [-0.2, 0) is 16.8 Å². The van der Waals surface area contributed by atoms with Crippen molar-refractivity contribution in [2.45, 2.75) is 59.0 Å². The van der Waals surface area contributed by atoms with E-state index < -0.39 is 5.60 Å². The van der Waals surface area contributed by atoms with Gasteiger partial charge in [-0.05, 0) is 73.9 Å². The lowest BCUT2D eigenvalue weighted by atomic mass is 9.81. The molecule has 0 bridgehead atoms. The van der Waals surface area contributed by atoms with Crippen LogP contribution in [0.3, 0.4) is 0 Å². The minimum atomic E-state index is -0.885. The van der Waals surface area contributed by atoms with Gasteiger partial charge in [0.2, 0.25) is 0 Å². The molecule has 4 aromatic carbocycles. The molecular formula is C36H38O4. The molecule has 4 nitrogen and oxygen atoms in total. The Hall–Kier alpha value is -4.05. The average molecular weight is 535 g/mol. The minimum absolute atomic E-state index is 0.311. The standard InChI is InChI=1S/C36H38O4/c1-5-8-11-26-14-16-27(17-15-26)36(28-18-20-29(21-19-28)39-24-6-2)23-22-32-33(35(37)38-7-3)25(4)30-12-9-10-13-31(30)34(32)40-36/h9-10,12-23H,5-8,11,24H2,1-4H3. The van der Waals surface area contributed by atoms with E-state index in [1.54, 1.807) is 0 Å². The lowest BCUT2D eigenvalue weighted by Gasteiger charge is -2.37. The molecule has 0 aliphatic carbocycles. The number of carbonyl (C=O) groups excluding carboxylic acids is 1. The first-order chi connectivity index (χ1) is 19.5. The van der Waals surface area contributed by atoms with Gasteiger partial charge in [-0.2, -0.15) is 0 Å². The molecule has 4 heteroatoms. The Balaban J connectivity index is 1.70. The maximum atomic E-state index is 13.2. The molecule has 0 aromatic heterocycles. The molecule has 0 N–H and O–H groups in total. The summed E-state index contributed by atoms with van der Waals surface area (Å²) in [4.78, 5) is 13.2. The summed E-state index contributed by atoms with van der Waals surface area (Å²) in [6, 6.07) is 25.0. The first kappa shape index (κ1) is 27.5. The molecule has 0 spiro atoms. The van der Waals surface area contributed by atoms with Gasteiger partial charge in [-0.3, -0.25) is 0 Å². The van der Waals surface area contributed by atoms with E-state index in [4.69, 9.17) is 14.2 Å². The predicted octanol–water partition coefficient (Wildman–Crippen LogP) is 8.81. The summed E-state index contributed by atoms with van der Waals surface area (Å²) >= 11 is 0. The third-order valence-corrected chi connectivity index (χ3v) is 7.65. The van der Waals surface area contributed by atoms with Gasteiger partial charge in [-0.25, -0.2) is 4.79 Å². The van der Waals surface area contributed by atoms with E-state index in [-0.39, 0.29) is 5.97 Å². The molecule has 1 aliphatic heterocycles. The second-order valence-corrected chi connectivity index (χ2v) is 10.4. The van der Waals surface area contributed by atoms with Crippen molar-refractivity contribution in [3.8, 4) is 11.5 Å². The van der Waals surface area contributed by atoms with Crippen molar-refractivity contribution in [2.75, 3.05) is 13.2 Å². The van der Waals surface area contributed by atoms with Crippen molar-refractivity contribution >= 4 is 22.8 Å². The van der Waals surface area contributed by atoms with Crippen LogP contribution in [0.1, 0.15) is 78.2 Å². The molecule has 40 heavy (non-hydrogen) atoms. The van der Waals surface area contributed by atoms with Gasteiger partial charge in [0.1, 0.15) is 11.5 Å². The summed E-state index contributed by atoms with van der Waals surface area (Å²) < 4.78 is 18.5. The number of carbonyl (C=O) groups is 1. The zero-order valence-corrected chi connectivity index (χ0v) is 24.0. The number of aryl methyl sites for hydroxylation is 2. The van der Waals surface area contributed by atoms with Crippen molar-refractivity contribution in [3.63, 3.8) is 0 Å². The number of fused-ring (bicyclic) bond motifs is 3. The highest BCUT2D eigenvalue weighted by Crippen LogP contribution is 2.47. The van der Waals surface area contributed by atoms with Crippen LogP contribution in [0.15, 0.2) is 78.9 Å². The van der Waals surface area contributed by atoms with Gasteiger partial charge in [0.05, 0.1) is 18.8 Å². The maximum Gasteiger partial charge on any atom is 0.339 e. The van der Waals surface area contributed by atoms with E-state index in [0.717, 1.165) is 64.5 Å². The second-order valence-electron chi connectivity index (χ2n) is 10.4. The van der Waals surface area contributed by atoms with E-state index in [0.29, 0.717) is 24.5 Å². The zero-order valence-electron chi connectivity index (χ0n) is 24.0. The SMILES string of the molecule is CCCCc1ccc(C2(c3ccc(OCCC)cc3)C=Cc3c(C(=O)OCC)c(C)c4ccccc4c3O2)cc1. The lowest BCUT2D eigenvalue weighted by molar-refractivity contribution is 0.0524. The van der Waals surface area contributed by atoms with E-state index in [2.05, 4.69) is 62.4 Å². The van der Waals surface area contributed by atoms with Crippen molar-refractivity contribution in [1.82, 2.24) is 0 Å². The molecule has 1 aliphatic rings. The van der Waals surface area contributed by atoms with Crippen LogP contribution < -0.4 is 9.47 Å². The molecule has 0 fully saturated rings. The quantitative estimate of drug-likeness (QED) is 0.191. The number of hydrogen-bond donors (Lipinski definition) is 0. The Morgan fingerprint density at radius 3 is 2.17 bits per heavy atom. The molecule has 4 aromatic rings. The number of unbranched alkanes of at least 4 members (excludes halogenated alkanes) is 1. The van der Waals surface area contributed by atoms with Crippen molar-refractivity contribution < 1.29 is 19.0 Å². The second kappa shape index (κ2) is 12.0. The van der Waals surface area contributed by atoms with Gasteiger partial charge in [0.15, 0.2) is 5.60 Å². The summed E-state index contributed by atoms with van der Waals surface area (Å²) in [5.74, 6) is 1.19. The Kier molecular flexibility index (Phi) is 8.25. The highest BCUT2D eigenvalue weighted by Gasteiger charge is 2.39. The highest BCUT2D eigenvalue weighted by atomic mass is 16.5. The fourth-order valence-electron chi connectivity index (χ4n) is 5.53. The summed E-state index contributed by atoms with van der Waals surface area (Å²) in [6.07, 6.45) is 8.45. The summed E-state index contributed by atoms with van der Waals surface area (Å²) in [6.45, 7) is 9.11. The minimum Gasteiger partial charge on any atom is -0.494 e. The van der Waals surface area contributed by atoms with Gasteiger partial charge < -0.3 is 14.2 Å². The summed E-state index contributed by atoms with van der Waals surface area (Å²) in [5, 5.41) is 1.95. The predicted molar refractivity (Wildman–Crippen MR) is 162 cm³/mol. The van der Waals surface area contributed by atoms with E-state index >= 15 is 0 Å². The molecule has 1 atom stereocenters. The first-order valence-electron chi connectivity index (χ1n) is 14.5. The van der Waals surface area contributed by atoms with E-state index in [1.165, 1.54) is 5.56 Å². The molecular weight excluding hydrogens is 496 g/mol. The van der Waals surface area contributed by atoms with Gasteiger partial charge in [0, 0.05) is 22.1 Å². The lowest BCUT2D eigenvalue weighted by Crippen LogP contribution is -2.35. The van der Waals surface area contributed by atoms with Crippen LogP contribution in [0.2, 0.25) is 0 Å². The fourth-order valence-corrected chi connectivity index (χ4v) is 5.53. The molecule has 0 saturated heterocycles.